The summed E-state index contributed by atoms with van der Waals surface area (Å²) in [4.78, 5) is 12.4. The van der Waals surface area contributed by atoms with Gasteiger partial charge in [-0.15, -0.1) is 0 Å². The van der Waals surface area contributed by atoms with E-state index >= 15 is 0 Å². The van der Waals surface area contributed by atoms with E-state index in [4.69, 9.17) is 0 Å². The Morgan fingerprint density at radius 3 is 2.20 bits per heavy atom. The number of carbonyl (C=O) groups is 1. The van der Waals surface area contributed by atoms with Gasteiger partial charge in [0.05, 0.1) is 6.04 Å². The number of Topliss-reactive ketones (excluding diaryl/α,β-unsaturated/α-hetero) is 1. The summed E-state index contributed by atoms with van der Waals surface area (Å²) in [6.45, 7) is 8.55. The molecule has 0 heterocycles. The first kappa shape index (κ1) is 15.2. The highest BCUT2D eigenvalue weighted by Crippen LogP contribution is 2.23. The molecular weight excluding hydrogens is 246 g/mol. The van der Waals surface area contributed by atoms with E-state index in [1.165, 1.54) is 31.2 Å². The molecule has 1 unspecified atom stereocenters. The maximum absolute atomic E-state index is 12.4. The van der Waals surface area contributed by atoms with Gasteiger partial charge in [0.25, 0.3) is 0 Å². The third-order valence-electron chi connectivity index (χ3n) is 4.27. The van der Waals surface area contributed by atoms with Crippen LogP contribution >= 0.6 is 0 Å². The maximum atomic E-state index is 12.4. The van der Waals surface area contributed by atoms with Gasteiger partial charge in [0.15, 0.2) is 5.78 Å². The van der Waals surface area contributed by atoms with Crippen molar-refractivity contribution in [1.29, 1.82) is 0 Å². The Kier molecular flexibility index (Phi) is 4.64. The molecule has 110 valence electrons. The van der Waals surface area contributed by atoms with E-state index in [9.17, 15) is 4.79 Å². The zero-order valence-electron chi connectivity index (χ0n) is 13.2. The highest BCUT2D eigenvalue weighted by Gasteiger charge is 2.22. The van der Waals surface area contributed by atoms with Gasteiger partial charge in [-0.25, -0.2) is 0 Å². The molecule has 2 rings (SSSR count). The highest BCUT2D eigenvalue weighted by molar-refractivity contribution is 5.99. The van der Waals surface area contributed by atoms with Crippen LogP contribution in [0.3, 0.4) is 0 Å². The van der Waals surface area contributed by atoms with Crippen molar-refractivity contribution in [2.24, 2.45) is 0 Å². The standard InChI is InChI=1S/C18H27NO/c1-13(19-16-7-5-6-8-16)17(20)14-9-11-15(12-10-14)18(2,3)4/h9-13,16,19H,5-8H2,1-4H3. The molecule has 0 radical (unpaired) electrons. The average Bonchev–Trinajstić information content (AvgIpc) is 2.90. The molecule has 1 atom stereocenters. The summed E-state index contributed by atoms with van der Waals surface area (Å²) in [5, 5.41) is 3.47. The summed E-state index contributed by atoms with van der Waals surface area (Å²) in [6.07, 6.45) is 5.00. The Balaban J connectivity index is 2.01. The molecule has 1 N–H and O–H groups in total. The minimum absolute atomic E-state index is 0.0846. The number of hydrogen-bond donors (Lipinski definition) is 1. The quantitative estimate of drug-likeness (QED) is 0.837. The molecule has 1 aromatic rings. The normalized spacial score (nSPS) is 18.2. The Labute approximate surface area is 123 Å². The molecule has 0 aliphatic heterocycles. The lowest BCUT2D eigenvalue weighted by molar-refractivity contribution is 0.0944. The molecule has 2 heteroatoms. The molecule has 2 nitrogen and oxygen atoms in total. The second-order valence-corrected chi connectivity index (χ2v) is 7.06. The lowest BCUT2D eigenvalue weighted by Crippen LogP contribution is -2.40. The summed E-state index contributed by atoms with van der Waals surface area (Å²) < 4.78 is 0. The Morgan fingerprint density at radius 1 is 1.15 bits per heavy atom. The summed E-state index contributed by atoms with van der Waals surface area (Å²) in [6, 6.07) is 8.54. The van der Waals surface area contributed by atoms with Crippen LogP contribution in [0.4, 0.5) is 0 Å². The van der Waals surface area contributed by atoms with Crippen molar-refractivity contribution < 1.29 is 4.79 Å². The van der Waals surface area contributed by atoms with Gasteiger partial charge in [-0.2, -0.15) is 0 Å². The summed E-state index contributed by atoms with van der Waals surface area (Å²) >= 11 is 0. The molecule has 1 fully saturated rings. The molecule has 0 amide bonds. The van der Waals surface area contributed by atoms with Crippen molar-refractivity contribution >= 4 is 5.78 Å². The van der Waals surface area contributed by atoms with Gasteiger partial charge in [0, 0.05) is 11.6 Å². The number of nitrogens with one attached hydrogen (secondary N) is 1. The van der Waals surface area contributed by atoms with Gasteiger partial charge in [-0.05, 0) is 30.7 Å². The van der Waals surface area contributed by atoms with Crippen LogP contribution in [-0.4, -0.2) is 17.9 Å². The Hall–Kier alpha value is -1.15. The smallest absolute Gasteiger partial charge is 0.179 e. The highest BCUT2D eigenvalue weighted by atomic mass is 16.1. The summed E-state index contributed by atoms with van der Waals surface area (Å²) in [5.74, 6) is 0.206. The molecule has 1 saturated carbocycles. The fourth-order valence-electron chi connectivity index (χ4n) is 2.91. The predicted molar refractivity (Wildman–Crippen MR) is 84.3 cm³/mol. The number of benzene rings is 1. The molecule has 20 heavy (non-hydrogen) atoms. The SMILES string of the molecule is CC(NC1CCCC1)C(=O)c1ccc(C(C)(C)C)cc1. The minimum atomic E-state index is -0.0846. The third kappa shape index (κ3) is 3.69. The van der Waals surface area contributed by atoms with Crippen molar-refractivity contribution in [3.8, 4) is 0 Å². The van der Waals surface area contributed by atoms with Crippen molar-refractivity contribution in [2.75, 3.05) is 0 Å². The molecule has 1 aliphatic rings. The molecule has 0 bridgehead atoms. The van der Waals surface area contributed by atoms with E-state index in [1.54, 1.807) is 0 Å². The van der Waals surface area contributed by atoms with E-state index in [1.807, 2.05) is 19.1 Å². The zero-order chi connectivity index (χ0) is 14.8. The number of ketones is 1. The summed E-state index contributed by atoms with van der Waals surface area (Å²) in [7, 11) is 0. The first-order valence-corrected chi connectivity index (χ1v) is 7.79. The van der Waals surface area contributed by atoms with Gasteiger partial charge in [0.2, 0.25) is 0 Å². The van der Waals surface area contributed by atoms with Crippen LogP contribution < -0.4 is 5.32 Å². The Morgan fingerprint density at radius 2 is 1.70 bits per heavy atom. The predicted octanol–water partition coefficient (Wildman–Crippen LogP) is 4.09. The number of hydrogen-bond acceptors (Lipinski definition) is 2. The first-order valence-electron chi connectivity index (χ1n) is 7.79. The van der Waals surface area contributed by atoms with Crippen LogP contribution in [0.25, 0.3) is 0 Å². The van der Waals surface area contributed by atoms with Gasteiger partial charge in [-0.3, -0.25) is 4.79 Å². The van der Waals surface area contributed by atoms with Crippen molar-refractivity contribution in [2.45, 2.75) is 70.9 Å². The lowest BCUT2D eigenvalue weighted by Gasteiger charge is -2.20. The number of rotatable bonds is 4. The van der Waals surface area contributed by atoms with Gasteiger partial charge < -0.3 is 5.32 Å². The van der Waals surface area contributed by atoms with Crippen molar-refractivity contribution in [3.63, 3.8) is 0 Å². The lowest BCUT2D eigenvalue weighted by atomic mass is 9.86. The molecule has 1 aliphatic carbocycles. The molecule has 1 aromatic carbocycles. The van der Waals surface area contributed by atoms with Crippen LogP contribution in [0.2, 0.25) is 0 Å². The van der Waals surface area contributed by atoms with E-state index in [0.717, 1.165) is 5.56 Å². The van der Waals surface area contributed by atoms with Crippen molar-refractivity contribution in [3.05, 3.63) is 35.4 Å². The molecule has 0 saturated heterocycles. The van der Waals surface area contributed by atoms with Crippen LogP contribution in [0.15, 0.2) is 24.3 Å². The largest absolute Gasteiger partial charge is 0.305 e. The molecule has 0 spiro atoms. The van der Waals surface area contributed by atoms with E-state index in [-0.39, 0.29) is 17.2 Å². The fourth-order valence-corrected chi connectivity index (χ4v) is 2.91. The molecule has 0 aromatic heterocycles. The van der Waals surface area contributed by atoms with E-state index in [2.05, 4.69) is 38.2 Å². The van der Waals surface area contributed by atoms with E-state index < -0.39 is 0 Å². The van der Waals surface area contributed by atoms with Gasteiger partial charge >= 0.3 is 0 Å². The zero-order valence-corrected chi connectivity index (χ0v) is 13.2. The number of carbonyl (C=O) groups excluding carboxylic acids is 1. The average molecular weight is 273 g/mol. The molecular formula is C18H27NO. The maximum Gasteiger partial charge on any atom is 0.179 e. The van der Waals surface area contributed by atoms with Crippen LogP contribution in [0, 0.1) is 0 Å². The summed E-state index contributed by atoms with van der Waals surface area (Å²) in [5.41, 5.74) is 2.22. The monoisotopic (exact) mass is 273 g/mol. The Bertz CT molecular complexity index is 449. The minimum Gasteiger partial charge on any atom is -0.305 e. The van der Waals surface area contributed by atoms with E-state index in [0.29, 0.717) is 6.04 Å². The van der Waals surface area contributed by atoms with Gasteiger partial charge in [-0.1, -0.05) is 57.9 Å². The van der Waals surface area contributed by atoms with Crippen molar-refractivity contribution in [1.82, 2.24) is 5.32 Å². The second kappa shape index (κ2) is 6.09. The third-order valence-corrected chi connectivity index (χ3v) is 4.27. The first-order chi connectivity index (χ1) is 9.38. The second-order valence-electron chi connectivity index (χ2n) is 7.06. The fraction of sp³-hybridized carbons (Fsp3) is 0.611. The van der Waals surface area contributed by atoms with Crippen LogP contribution in [0.1, 0.15) is 69.3 Å². The van der Waals surface area contributed by atoms with Crippen LogP contribution in [-0.2, 0) is 5.41 Å². The van der Waals surface area contributed by atoms with Gasteiger partial charge in [0.1, 0.15) is 0 Å². The van der Waals surface area contributed by atoms with Crippen LogP contribution in [0.5, 0.6) is 0 Å². The topological polar surface area (TPSA) is 29.1 Å².